The van der Waals surface area contributed by atoms with Crippen LogP contribution in [0.5, 0.6) is 0 Å². The van der Waals surface area contributed by atoms with Gasteiger partial charge in [-0.05, 0) is 44.0 Å². The molecule has 0 N–H and O–H groups in total. The van der Waals surface area contributed by atoms with Crippen molar-refractivity contribution in [3.8, 4) is 0 Å². The predicted molar refractivity (Wildman–Crippen MR) is 51.8 cm³/mol. The van der Waals surface area contributed by atoms with Crippen LogP contribution in [0.1, 0.15) is 17.6 Å². The Kier molecular flexibility index (Phi) is 3.76. The lowest BCUT2D eigenvalue weighted by Gasteiger charge is -2.11. The van der Waals surface area contributed by atoms with E-state index in [-0.39, 0.29) is 8.95 Å². The Morgan fingerprint density at radius 3 is 2.00 bits per heavy atom. The number of halogens is 7. The van der Waals surface area contributed by atoms with Gasteiger partial charge in [-0.1, -0.05) is 0 Å². The first-order valence-corrected chi connectivity index (χ1v) is 5.16. The van der Waals surface area contributed by atoms with Gasteiger partial charge in [-0.3, -0.25) is 0 Å². The molecule has 0 spiro atoms. The smallest absolute Gasteiger partial charge is 0.205 e. The molecule has 7 heteroatoms. The van der Waals surface area contributed by atoms with Crippen LogP contribution in [-0.4, -0.2) is 0 Å². The molecule has 0 aliphatic rings. The van der Waals surface area contributed by atoms with Gasteiger partial charge in [0.15, 0.2) is 0 Å². The van der Waals surface area contributed by atoms with Crippen molar-refractivity contribution in [2.75, 3.05) is 0 Å². The first kappa shape index (κ1) is 12.9. The molecule has 0 radical (unpaired) electrons. The number of alkyl halides is 5. The number of benzene rings is 1. The molecule has 0 saturated heterocycles. The van der Waals surface area contributed by atoms with Gasteiger partial charge in [-0.25, -0.2) is 8.78 Å². The van der Waals surface area contributed by atoms with Crippen molar-refractivity contribution >= 4 is 31.9 Å². The number of rotatable bonds is 1. The van der Waals surface area contributed by atoms with E-state index in [4.69, 9.17) is 0 Å². The Labute approximate surface area is 98.7 Å². The SMILES string of the molecule is FC(F)c1cc(C(F)(F)F)cc(Br)c1Br. The zero-order valence-electron chi connectivity index (χ0n) is 6.88. The zero-order valence-corrected chi connectivity index (χ0v) is 10.0. The lowest BCUT2D eigenvalue weighted by molar-refractivity contribution is -0.137. The lowest BCUT2D eigenvalue weighted by atomic mass is 10.1. The number of hydrogen-bond donors (Lipinski definition) is 0. The third-order valence-corrected chi connectivity index (χ3v) is 3.66. The van der Waals surface area contributed by atoms with Crippen LogP contribution in [0, 0.1) is 0 Å². The summed E-state index contributed by atoms with van der Waals surface area (Å²) in [6, 6.07) is 1.18. The van der Waals surface area contributed by atoms with Crippen LogP contribution in [-0.2, 0) is 6.18 Å². The maximum absolute atomic E-state index is 12.4. The van der Waals surface area contributed by atoms with Gasteiger partial charge in [-0.15, -0.1) is 0 Å². The molecule has 15 heavy (non-hydrogen) atoms. The minimum absolute atomic E-state index is 0.0485. The third kappa shape index (κ3) is 2.90. The van der Waals surface area contributed by atoms with Crippen LogP contribution in [0.4, 0.5) is 22.0 Å². The molecule has 1 aromatic carbocycles. The normalized spacial score (nSPS) is 12.3. The van der Waals surface area contributed by atoms with Gasteiger partial charge in [0, 0.05) is 14.5 Å². The van der Waals surface area contributed by atoms with E-state index in [1.54, 1.807) is 0 Å². The van der Waals surface area contributed by atoms with Gasteiger partial charge < -0.3 is 0 Å². The molecule has 0 bridgehead atoms. The third-order valence-electron chi connectivity index (χ3n) is 1.62. The van der Waals surface area contributed by atoms with E-state index in [1.807, 2.05) is 0 Å². The molecule has 0 aliphatic carbocycles. The van der Waals surface area contributed by atoms with E-state index >= 15 is 0 Å². The van der Waals surface area contributed by atoms with Crippen molar-refractivity contribution < 1.29 is 22.0 Å². The molecule has 0 heterocycles. The molecule has 0 aromatic heterocycles. The van der Waals surface area contributed by atoms with Crippen LogP contribution in [0.3, 0.4) is 0 Å². The summed E-state index contributed by atoms with van der Waals surface area (Å²) >= 11 is 5.56. The van der Waals surface area contributed by atoms with Gasteiger partial charge in [0.25, 0.3) is 6.43 Å². The molecular formula is C8H3Br2F5. The van der Waals surface area contributed by atoms with E-state index in [1.165, 1.54) is 0 Å². The summed E-state index contributed by atoms with van der Waals surface area (Å²) in [6.07, 6.45) is -7.59. The van der Waals surface area contributed by atoms with Crippen LogP contribution in [0.15, 0.2) is 21.1 Å². The van der Waals surface area contributed by atoms with E-state index in [9.17, 15) is 22.0 Å². The van der Waals surface area contributed by atoms with E-state index < -0.39 is 23.7 Å². The molecule has 0 amide bonds. The second-order valence-corrected chi connectivity index (χ2v) is 4.31. The second-order valence-electron chi connectivity index (χ2n) is 2.66. The topological polar surface area (TPSA) is 0 Å². The summed E-state index contributed by atoms with van der Waals surface area (Å²) in [7, 11) is 0. The van der Waals surface area contributed by atoms with Crippen molar-refractivity contribution in [3.63, 3.8) is 0 Å². The quantitative estimate of drug-likeness (QED) is 0.611. The Hall–Kier alpha value is -0.170. The zero-order chi connectivity index (χ0) is 11.8. The average Bonchev–Trinajstić information content (AvgIpc) is 2.06. The highest BCUT2D eigenvalue weighted by Crippen LogP contribution is 2.39. The van der Waals surface area contributed by atoms with Crippen molar-refractivity contribution in [2.45, 2.75) is 12.6 Å². The van der Waals surface area contributed by atoms with Gasteiger partial charge in [0.05, 0.1) is 5.56 Å². The summed E-state index contributed by atoms with van der Waals surface area (Å²) < 4.78 is 61.4. The minimum Gasteiger partial charge on any atom is -0.205 e. The monoisotopic (exact) mass is 352 g/mol. The molecule has 1 aromatic rings. The van der Waals surface area contributed by atoms with Gasteiger partial charge in [0.1, 0.15) is 0 Å². The Morgan fingerprint density at radius 2 is 1.60 bits per heavy atom. The fourth-order valence-corrected chi connectivity index (χ4v) is 1.81. The Morgan fingerprint density at radius 1 is 1.07 bits per heavy atom. The summed E-state index contributed by atoms with van der Waals surface area (Å²) in [4.78, 5) is 0. The number of hydrogen-bond acceptors (Lipinski definition) is 0. The fraction of sp³-hybridized carbons (Fsp3) is 0.250. The lowest BCUT2D eigenvalue weighted by Crippen LogP contribution is -2.06. The first-order valence-electron chi connectivity index (χ1n) is 3.57. The molecule has 0 aliphatic heterocycles. The van der Waals surface area contributed by atoms with Crippen molar-refractivity contribution in [1.82, 2.24) is 0 Å². The van der Waals surface area contributed by atoms with E-state index in [2.05, 4.69) is 31.9 Å². The molecule has 0 saturated carbocycles. The second kappa shape index (κ2) is 4.37. The highest BCUT2D eigenvalue weighted by atomic mass is 79.9. The molecule has 0 atom stereocenters. The maximum atomic E-state index is 12.4. The van der Waals surface area contributed by atoms with Gasteiger partial charge in [-0.2, -0.15) is 13.2 Å². The van der Waals surface area contributed by atoms with Crippen molar-refractivity contribution in [3.05, 3.63) is 32.2 Å². The molecule has 0 unspecified atom stereocenters. The fourth-order valence-electron chi connectivity index (χ4n) is 0.933. The van der Waals surface area contributed by atoms with Crippen molar-refractivity contribution in [2.24, 2.45) is 0 Å². The predicted octanol–water partition coefficient (Wildman–Crippen LogP) is 5.17. The van der Waals surface area contributed by atoms with Crippen LogP contribution in [0.2, 0.25) is 0 Å². The Balaban J connectivity index is 3.36. The summed E-state index contributed by atoms with van der Waals surface area (Å²) in [6.45, 7) is 0. The highest BCUT2D eigenvalue weighted by Gasteiger charge is 2.32. The average molecular weight is 354 g/mol. The van der Waals surface area contributed by atoms with Gasteiger partial charge in [0.2, 0.25) is 0 Å². The summed E-state index contributed by atoms with van der Waals surface area (Å²) in [5, 5.41) is 0. The summed E-state index contributed by atoms with van der Waals surface area (Å²) in [5.74, 6) is 0. The van der Waals surface area contributed by atoms with Crippen LogP contribution in [0.25, 0.3) is 0 Å². The summed E-state index contributed by atoms with van der Waals surface area (Å²) in [5.41, 5.74) is -1.79. The van der Waals surface area contributed by atoms with E-state index in [0.717, 1.165) is 6.07 Å². The molecule has 0 nitrogen and oxygen atoms in total. The molecule has 0 fully saturated rings. The minimum atomic E-state index is -4.63. The Bertz CT molecular complexity index is 372. The van der Waals surface area contributed by atoms with Gasteiger partial charge >= 0.3 is 6.18 Å². The maximum Gasteiger partial charge on any atom is 0.416 e. The van der Waals surface area contributed by atoms with Crippen LogP contribution >= 0.6 is 31.9 Å². The molecule has 84 valence electrons. The highest BCUT2D eigenvalue weighted by molar-refractivity contribution is 9.13. The van der Waals surface area contributed by atoms with Crippen molar-refractivity contribution in [1.29, 1.82) is 0 Å². The molecule has 1 rings (SSSR count). The largest absolute Gasteiger partial charge is 0.416 e. The van der Waals surface area contributed by atoms with Crippen LogP contribution < -0.4 is 0 Å². The first-order chi connectivity index (χ1) is 6.73. The molecular weight excluding hydrogens is 351 g/mol. The van der Waals surface area contributed by atoms with E-state index in [0.29, 0.717) is 6.07 Å². The standard InChI is InChI=1S/C8H3Br2F5/c9-5-2-3(8(13,14)15)1-4(6(5)10)7(11)12/h1-2,7H.